The molecule has 2 aromatic rings. The van der Waals surface area contributed by atoms with Crippen molar-refractivity contribution in [2.75, 3.05) is 31.1 Å². The number of halogens is 1. The maximum Gasteiger partial charge on any atom is 0.243 e. The van der Waals surface area contributed by atoms with Crippen LogP contribution < -0.4 is 4.90 Å². The first-order valence-corrected chi connectivity index (χ1v) is 9.93. The predicted octanol–water partition coefficient (Wildman–Crippen LogP) is 2.57. The Morgan fingerprint density at radius 1 is 1.00 bits per heavy atom. The normalized spacial score (nSPS) is 16.2. The lowest BCUT2D eigenvalue weighted by Gasteiger charge is -2.35. The van der Waals surface area contributed by atoms with Crippen molar-refractivity contribution < 1.29 is 8.42 Å². The van der Waals surface area contributed by atoms with E-state index in [0.29, 0.717) is 42.1 Å². The van der Waals surface area contributed by atoms with Crippen LogP contribution in [0.15, 0.2) is 29.2 Å². The van der Waals surface area contributed by atoms with Gasteiger partial charge in [-0.15, -0.1) is 0 Å². The Morgan fingerprint density at radius 3 is 2.32 bits per heavy atom. The lowest BCUT2D eigenvalue weighted by atomic mass is 10.2. The van der Waals surface area contributed by atoms with E-state index in [1.165, 1.54) is 0 Å². The van der Waals surface area contributed by atoms with Gasteiger partial charge in [-0.25, -0.2) is 18.4 Å². The molecule has 0 aliphatic carbocycles. The topological polar surface area (TPSA) is 66.4 Å². The number of rotatable bonds is 3. The fraction of sp³-hybridized carbons (Fsp3) is 0.412. The lowest BCUT2D eigenvalue weighted by Crippen LogP contribution is -2.49. The average molecular weight is 381 g/mol. The van der Waals surface area contributed by atoms with Crippen LogP contribution in [-0.2, 0) is 10.0 Å². The van der Waals surface area contributed by atoms with E-state index >= 15 is 0 Å². The maximum atomic E-state index is 13.0. The van der Waals surface area contributed by atoms with Crippen LogP contribution >= 0.6 is 11.6 Å². The van der Waals surface area contributed by atoms with Crippen molar-refractivity contribution in [1.29, 1.82) is 0 Å². The number of hydrogen-bond acceptors (Lipinski definition) is 5. The molecular formula is C17H21ClN4O2S. The molecule has 0 radical (unpaired) electrons. The van der Waals surface area contributed by atoms with Gasteiger partial charge in [-0.1, -0.05) is 23.7 Å². The summed E-state index contributed by atoms with van der Waals surface area (Å²) in [6.45, 7) is 7.48. The van der Waals surface area contributed by atoms with Crippen molar-refractivity contribution in [3.05, 3.63) is 46.4 Å². The van der Waals surface area contributed by atoms with Crippen LogP contribution in [0.4, 0.5) is 5.82 Å². The molecule has 0 spiro atoms. The van der Waals surface area contributed by atoms with Gasteiger partial charge in [0.2, 0.25) is 10.0 Å². The Bertz CT molecular complexity index is 873. The van der Waals surface area contributed by atoms with Crippen LogP contribution in [0, 0.1) is 20.8 Å². The summed E-state index contributed by atoms with van der Waals surface area (Å²) >= 11 is 6.00. The summed E-state index contributed by atoms with van der Waals surface area (Å²) in [5.41, 5.74) is 1.71. The summed E-state index contributed by atoms with van der Waals surface area (Å²) in [6, 6.07) is 7.23. The Labute approximate surface area is 153 Å². The van der Waals surface area contributed by atoms with Gasteiger partial charge in [-0.05, 0) is 38.0 Å². The zero-order valence-corrected chi connectivity index (χ0v) is 16.1. The fourth-order valence-electron chi connectivity index (χ4n) is 2.96. The molecule has 0 atom stereocenters. The second-order valence-electron chi connectivity index (χ2n) is 6.26. The second-order valence-corrected chi connectivity index (χ2v) is 8.55. The van der Waals surface area contributed by atoms with Crippen LogP contribution in [0.5, 0.6) is 0 Å². The molecule has 1 fully saturated rings. The third-order valence-corrected chi connectivity index (χ3v) is 6.55. The minimum Gasteiger partial charge on any atom is -0.354 e. The molecule has 25 heavy (non-hydrogen) atoms. The van der Waals surface area contributed by atoms with E-state index in [0.717, 1.165) is 16.9 Å². The highest BCUT2D eigenvalue weighted by atomic mass is 35.5. The quantitative estimate of drug-likeness (QED) is 0.765. The number of piperazine rings is 1. The molecule has 1 aromatic carbocycles. The number of anilines is 1. The highest BCUT2D eigenvalue weighted by molar-refractivity contribution is 7.89. The minimum atomic E-state index is -3.49. The van der Waals surface area contributed by atoms with Crippen LogP contribution in [0.1, 0.15) is 17.0 Å². The van der Waals surface area contributed by atoms with E-state index in [1.54, 1.807) is 23.4 Å². The molecule has 1 saturated heterocycles. The van der Waals surface area contributed by atoms with Crippen molar-refractivity contribution in [3.63, 3.8) is 0 Å². The first-order valence-electron chi connectivity index (χ1n) is 8.11. The number of aryl methyl sites for hydroxylation is 3. The van der Waals surface area contributed by atoms with E-state index in [9.17, 15) is 8.42 Å². The van der Waals surface area contributed by atoms with E-state index in [4.69, 9.17) is 11.6 Å². The summed E-state index contributed by atoms with van der Waals surface area (Å²) in [4.78, 5) is 10.9. The minimum absolute atomic E-state index is 0.391. The van der Waals surface area contributed by atoms with Crippen molar-refractivity contribution in [2.24, 2.45) is 0 Å². The molecule has 0 bridgehead atoms. The van der Waals surface area contributed by atoms with Gasteiger partial charge < -0.3 is 4.90 Å². The van der Waals surface area contributed by atoms with Crippen molar-refractivity contribution in [2.45, 2.75) is 25.7 Å². The van der Waals surface area contributed by atoms with E-state index < -0.39 is 10.0 Å². The van der Waals surface area contributed by atoms with Gasteiger partial charge in [0.05, 0.1) is 4.90 Å². The average Bonchev–Trinajstić information content (AvgIpc) is 2.56. The van der Waals surface area contributed by atoms with Crippen molar-refractivity contribution in [3.8, 4) is 0 Å². The van der Waals surface area contributed by atoms with E-state index in [1.807, 2.05) is 30.9 Å². The molecule has 3 rings (SSSR count). The van der Waals surface area contributed by atoms with Gasteiger partial charge in [0.1, 0.15) is 16.8 Å². The smallest absolute Gasteiger partial charge is 0.243 e. The molecule has 1 aliphatic heterocycles. The van der Waals surface area contributed by atoms with Gasteiger partial charge in [0.15, 0.2) is 0 Å². The molecular weight excluding hydrogens is 360 g/mol. The zero-order chi connectivity index (χ0) is 18.2. The standard InChI is InChI=1S/C17H21ClN4O2S/c1-12-4-5-13(2)15(10-12)25(23,24)22-8-6-21(7-9-22)17-11-16(18)19-14(3)20-17/h4-5,10-11H,6-9H2,1-3H3. The summed E-state index contributed by atoms with van der Waals surface area (Å²) in [6.07, 6.45) is 0. The van der Waals surface area contributed by atoms with Crippen LogP contribution in [-0.4, -0.2) is 48.9 Å². The van der Waals surface area contributed by atoms with Gasteiger partial charge in [-0.2, -0.15) is 4.31 Å². The zero-order valence-electron chi connectivity index (χ0n) is 14.5. The van der Waals surface area contributed by atoms with Gasteiger partial charge in [0, 0.05) is 32.2 Å². The number of benzene rings is 1. The van der Waals surface area contributed by atoms with E-state index in [2.05, 4.69) is 9.97 Å². The third-order valence-electron chi connectivity index (χ3n) is 4.32. The molecule has 0 amide bonds. The maximum absolute atomic E-state index is 13.0. The molecule has 2 heterocycles. The Kier molecular flexibility index (Phi) is 4.99. The van der Waals surface area contributed by atoms with E-state index in [-0.39, 0.29) is 0 Å². The SMILES string of the molecule is Cc1ccc(C)c(S(=O)(=O)N2CCN(c3cc(Cl)nc(C)n3)CC2)c1. The van der Waals surface area contributed by atoms with Gasteiger partial charge in [-0.3, -0.25) is 0 Å². The number of aromatic nitrogens is 2. The van der Waals surface area contributed by atoms with Crippen LogP contribution in [0.25, 0.3) is 0 Å². The van der Waals surface area contributed by atoms with Crippen molar-refractivity contribution >= 4 is 27.4 Å². The summed E-state index contributed by atoms with van der Waals surface area (Å²) in [5, 5.41) is 0.396. The number of sulfonamides is 1. The Hall–Kier alpha value is -1.70. The van der Waals surface area contributed by atoms with Crippen LogP contribution in [0.3, 0.4) is 0 Å². The van der Waals surface area contributed by atoms with Gasteiger partial charge >= 0.3 is 0 Å². The molecule has 6 nitrogen and oxygen atoms in total. The highest BCUT2D eigenvalue weighted by Gasteiger charge is 2.30. The van der Waals surface area contributed by atoms with Crippen LogP contribution in [0.2, 0.25) is 5.15 Å². The first kappa shape index (κ1) is 18.1. The summed E-state index contributed by atoms with van der Waals surface area (Å²) in [5.74, 6) is 1.34. The third kappa shape index (κ3) is 3.78. The molecule has 1 aromatic heterocycles. The summed E-state index contributed by atoms with van der Waals surface area (Å²) in [7, 11) is -3.49. The Balaban J connectivity index is 1.78. The highest BCUT2D eigenvalue weighted by Crippen LogP contribution is 2.24. The molecule has 1 aliphatic rings. The van der Waals surface area contributed by atoms with Gasteiger partial charge in [0.25, 0.3) is 0 Å². The summed E-state index contributed by atoms with van der Waals surface area (Å²) < 4.78 is 27.5. The fourth-order valence-corrected chi connectivity index (χ4v) is 4.91. The molecule has 8 heteroatoms. The lowest BCUT2D eigenvalue weighted by molar-refractivity contribution is 0.383. The predicted molar refractivity (Wildman–Crippen MR) is 98.7 cm³/mol. The second kappa shape index (κ2) is 6.90. The monoisotopic (exact) mass is 380 g/mol. The molecule has 0 unspecified atom stereocenters. The Morgan fingerprint density at radius 2 is 1.68 bits per heavy atom. The largest absolute Gasteiger partial charge is 0.354 e. The molecule has 0 saturated carbocycles. The molecule has 134 valence electrons. The number of nitrogens with zero attached hydrogens (tertiary/aromatic N) is 4. The first-order chi connectivity index (χ1) is 11.8. The number of hydrogen-bond donors (Lipinski definition) is 0. The molecule has 0 N–H and O–H groups in total. The van der Waals surface area contributed by atoms with Crippen molar-refractivity contribution in [1.82, 2.24) is 14.3 Å².